The first kappa shape index (κ1) is 14.1. The molecule has 0 radical (unpaired) electrons. The molecule has 4 N–H and O–H groups in total. The van der Waals surface area contributed by atoms with Gasteiger partial charge in [-0.3, -0.25) is 0 Å². The predicted molar refractivity (Wildman–Crippen MR) is 77.1 cm³/mol. The van der Waals surface area contributed by atoms with Crippen molar-refractivity contribution in [3.63, 3.8) is 0 Å². The highest BCUT2D eigenvalue weighted by Gasteiger charge is 2.27. The second kappa shape index (κ2) is 5.74. The van der Waals surface area contributed by atoms with Gasteiger partial charge in [-0.1, -0.05) is 13.8 Å². The molecular weight excluding hydrogens is 240 g/mol. The number of hydrogen-bond donors (Lipinski definition) is 3. The SMILES string of the molecule is Cc1c(N)nc(C2CC2)nc1NCC(O)CC(C)C. The molecule has 1 heterocycles. The quantitative estimate of drug-likeness (QED) is 0.732. The Morgan fingerprint density at radius 1 is 1.37 bits per heavy atom. The topological polar surface area (TPSA) is 84.1 Å². The van der Waals surface area contributed by atoms with Crippen LogP contribution in [-0.4, -0.2) is 27.7 Å². The summed E-state index contributed by atoms with van der Waals surface area (Å²) in [7, 11) is 0. The maximum atomic E-state index is 9.89. The summed E-state index contributed by atoms with van der Waals surface area (Å²) in [5.41, 5.74) is 6.78. The first-order chi connectivity index (χ1) is 8.97. The molecule has 5 nitrogen and oxygen atoms in total. The summed E-state index contributed by atoms with van der Waals surface area (Å²) in [4.78, 5) is 8.87. The van der Waals surface area contributed by atoms with Gasteiger partial charge < -0.3 is 16.2 Å². The Morgan fingerprint density at radius 2 is 2.05 bits per heavy atom. The molecule has 0 aromatic carbocycles. The van der Waals surface area contributed by atoms with Crippen LogP contribution >= 0.6 is 0 Å². The van der Waals surface area contributed by atoms with E-state index in [-0.39, 0.29) is 6.10 Å². The Kier molecular flexibility index (Phi) is 4.24. The molecule has 1 saturated carbocycles. The van der Waals surface area contributed by atoms with Gasteiger partial charge in [-0.25, -0.2) is 9.97 Å². The lowest BCUT2D eigenvalue weighted by atomic mass is 10.1. The van der Waals surface area contributed by atoms with E-state index in [0.717, 1.165) is 36.5 Å². The molecule has 1 fully saturated rings. The van der Waals surface area contributed by atoms with Gasteiger partial charge in [0, 0.05) is 18.0 Å². The van der Waals surface area contributed by atoms with Gasteiger partial charge in [0.15, 0.2) is 0 Å². The van der Waals surface area contributed by atoms with Crippen molar-refractivity contribution < 1.29 is 5.11 Å². The highest BCUT2D eigenvalue weighted by molar-refractivity contribution is 5.55. The monoisotopic (exact) mass is 264 g/mol. The van der Waals surface area contributed by atoms with E-state index < -0.39 is 0 Å². The van der Waals surface area contributed by atoms with E-state index in [1.807, 2.05) is 6.92 Å². The second-order valence-corrected chi connectivity index (χ2v) is 5.88. The molecule has 1 aromatic rings. The number of nitrogens with one attached hydrogen (secondary N) is 1. The van der Waals surface area contributed by atoms with Crippen LogP contribution in [0.2, 0.25) is 0 Å². The lowest BCUT2D eigenvalue weighted by Gasteiger charge is -2.16. The summed E-state index contributed by atoms with van der Waals surface area (Å²) < 4.78 is 0. The highest BCUT2D eigenvalue weighted by atomic mass is 16.3. The minimum atomic E-state index is -0.361. The Bertz CT molecular complexity index is 443. The summed E-state index contributed by atoms with van der Waals surface area (Å²) in [5.74, 6) is 3.10. The fourth-order valence-electron chi connectivity index (χ4n) is 2.09. The molecule has 1 atom stereocenters. The van der Waals surface area contributed by atoms with Gasteiger partial charge >= 0.3 is 0 Å². The van der Waals surface area contributed by atoms with Gasteiger partial charge in [-0.15, -0.1) is 0 Å². The minimum absolute atomic E-state index is 0.361. The molecule has 19 heavy (non-hydrogen) atoms. The molecule has 106 valence electrons. The zero-order valence-electron chi connectivity index (χ0n) is 12.0. The molecule has 0 saturated heterocycles. The van der Waals surface area contributed by atoms with Crippen LogP contribution in [0.5, 0.6) is 0 Å². The van der Waals surface area contributed by atoms with Crippen LogP contribution < -0.4 is 11.1 Å². The number of hydrogen-bond acceptors (Lipinski definition) is 5. The highest BCUT2D eigenvalue weighted by Crippen LogP contribution is 2.39. The smallest absolute Gasteiger partial charge is 0.136 e. The van der Waals surface area contributed by atoms with Crippen LogP contribution in [-0.2, 0) is 0 Å². The van der Waals surface area contributed by atoms with E-state index in [0.29, 0.717) is 24.2 Å². The average Bonchev–Trinajstić information content (AvgIpc) is 3.14. The molecular formula is C14H24N4O. The van der Waals surface area contributed by atoms with Gasteiger partial charge in [0.25, 0.3) is 0 Å². The number of aliphatic hydroxyl groups is 1. The lowest BCUT2D eigenvalue weighted by Crippen LogP contribution is -2.22. The molecule has 1 aliphatic carbocycles. The number of nitrogens with zero attached hydrogens (tertiary/aromatic N) is 2. The first-order valence-electron chi connectivity index (χ1n) is 7.03. The third kappa shape index (κ3) is 3.80. The van der Waals surface area contributed by atoms with E-state index >= 15 is 0 Å². The van der Waals surface area contributed by atoms with Crippen LogP contribution in [0, 0.1) is 12.8 Å². The van der Waals surface area contributed by atoms with Gasteiger partial charge in [0.1, 0.15) is 17.5 Å². The summed E-state index contributed by atoms with van der Waals surface area (Å²) in [6.07, 6.45) is 2.72. The summed E-state index contributed by atoms with van der Waals surface area (Å²) in [6, 6.07) is 0. The van der Waals surface area contributed by atoms with Crippen molar-refractivity contribution in [2.75, 3.05) is 17.6 Å². The Morgan fingerprint density at radius 3 is 2.63 bits per heavy atom. The second-order valence-electron chi connectivity index (χ2n) is 5.88. The molecule has 0 aliphatic heterocycles. The zero-order chi connectivity index (χ0) is 14.0. The molecule has 1 aromatic heterocycles. The normalized spacial score (nSPS) is 16.7. The van der Waals surface area contributed by atoms with E-state index in [1.54, 1.807) is 0 Å². The van der Waals surface area contributed by atoms with Crippen molar-refractivity contribution in [2.24, 2.45) is 5.92 Å². The van der Waals surface area contributed by atoms with E-state index in [9.17, 15) is 5.11 Å². The number of nitrogens with two attached hydrogens (primary N) is 1. The third-order valence-corrected chi connectivity index (χ3v) is 3.39. The van der Waals surface area contributed by atoms with Crippen molar-refractivity contribution in [3.8, 4) is 0 Å². The van der Waals surface area contributed by atoms with E-state index in [2.05, 4.69) is 29.1 Å². The van der Waals surface area contributed by atoms with Crippen LogP contribution in [0.4, 0.5) is 11.6 Å². The van der Waals surface area contributed by atoms with Crippen molar-refractivity contribution in [1.82, 2.24) is 9.97 Å². The Labute approximate surface area is 114 Å². The lowest BCUT2D eigenvalue weighted by molar-refractivity contribution is 0.161. The van der Waals surface area contributed by atoms with Gasteiger partial charge in [0.05, 0.1) is 6.10 Å². The number of anilines is 2. The fraction of sp³-hybridized carbons (Fsp3) is 0.714. The van der Waals surface area contributed by atoms with E-state index in [4.69, 9.17) is 5.73 Å². The fourth-order valence-corrected chi connectivity index (χ4v) is 2.09. The largest absolute Gasteiger partial charge is 0.391 e. The molecule has 0 bridgehead atoms. The molecule has 2 rings (SSSR count). The van der Waals surface area contributed by atoms with Crippen molar-refractivity contribution in [1.29, 1.82) is 0 Å². The molecule has 0 amide bonds. The van der Waals surface area contributed by atoms with Crippen molar-refractivity contribution in [2.45, 2.75) is 52.1 Å². The predicted octanol–water partition coefficient (Wildman–Crippen LogP) is 2.06. The Balaban J connectivity index is 2.02. The summed E-state index contributed by atoms with van der Waals surface area (Å²) >= 11 is 0. The van der Waals surface area contributed by atoms with Crippen molar-refractivity contribution in [3.05, 3.63) is 11.4 Å². The molecule has 1 unspecified atom stereocenters. The standard InChI is InChI=1S/C14H24N4O/c1-8(2)6-11(19)7-16-13-9(3)12(15)17-14(18-13)10-4-5-10/h8,10-11,19H,4-7H2,1-3H3,(H3,15,16,17,18). The minimum Gasteiger partial charge on any atom is -0.391 e. The van der Waals surface area contributed by atoms with Crippen LogP contribution in [0.15, 0.2) is 0 Å². The van der Waals surface area contributed by atoms with Crippen LogP contribution in [0.25, 0.3) is 0 Å². The van der Waals surface area contributed by atoms with Gasteiger partial charge in [-0.05, 0) is 32.1 Å². The molecule has 0 spiro atoms. The van der Waals surface area contributed by atoms with Crippen molar-refractivity contribution >= 4 is 11.6 Å². The van der Waals surface area contributed by atoms with E-state index in [1.165, 1.54) is 0 Å². The Hall–Kier alpha value is -1.36. The van der Waals surface area contributed by atoms with Crippen LogP contribution in [0.1, 0.15) is 50.4 Å². The average molecular weight is 264 g/mol. The maximum absolute atomic E-state index is 9.89. The summed E-state index contributed by atoms with van der Waals surface area (Å²) in [5, 5.41) is 13.1. The molecule has 5 heteroatoms. The van der Waals surface area contributed by atoms with Gasteiger partial charge in [0.2, 0.25) is 0 Å². The zero-order valence-corrected chi connectivity index (χ0v) is 12.0. The van der Waals surface area contributed by atoms with Gasteiger partial charge in [-0.2, -0.15) is 0 Å². The first-order valence-corrected chi connectivity index (χ1v) is 7.03. The molecule has 1 aliphatic rings. The maximum Gasteiger partial charge on any atom is 0.136 e. The summed E-state index contributed by atoms with van der Waals surface area (Å²) in [6.45, 7) is 6.60. The number of rotatable bonds is 6. The number of aromatic nitrogens is 2. The number of nitrogen functional groups attached to an aromatic ring is 1. The van der Waals surface area contributed by atoms with Crippen LogP contribution in [0.3, 0.4) is 0 Å². The third-order valence-electron chi connectivity index (χ3n) is 3.39. The number of aliphatic hydroxyl groups excluding tert-OH is 1.